The van der Waals surface area contributed by atoms with Crippen LogP contribution in [0.5, 0.6) is 0 Å². The lowest BCUT2D eigenvalue weighted by Crippen LogP contribution is -2.29. The highest BCUT2D eigenvalue weighted by atomic mass is 32.2. The zero-order valence-electron chi connectivity index (χ0n) is 18.1. The molecule has 1 aromatic heterocycles. The van der Waals surface area contributed by atoms with Gasteiger partial charge in [-0.25, -0.2) is 13.4 Å². The number of hydrogen-bond donors (Lipinski definition) is 0. The number of carbonyl (C=O) groups excluding carboxylic acids is 1. The van der Waals surface area contributed by atoms with E-state index >= 15 is 0 Å². The van der Waals surface area contributed by atoms with E-state index in [1.807, 2.05) is 23.4 Å². The molecule has 0 aromatic carbocycles. The average Bonchev–Trinajstić information content (AvgIpc) is 3.19. The van der Waals surface area contributed by atoms with Gasteiger partial charge in [-0.3, -0.25) is 4.79 Å². The molecule has 7 nitrogen and oxygen atoms in total. The van der Waals surface area contributed by atoms with Gasteiger partial charge >= 0.3 is 0 Å². The molecule has 1 aliphatic heterocycles. The summed E-state index contributed by atoms with van der Waals surface area (Å²) >= 11 is 0. The van der Waals surface area contributed by atoms with Crippen molar-refractivity contribution in [3.8, 4) is 0 Å². The quantitative estimate of drug-likeness (QED) is 0.546. The van der Waals surface area contributed by atoms with Crippen LogP contribution in [-0.2, 0) is 27.7 Å². The van der Waals surface area contributed by atoms with E-state index in [9.17, 15) is 13.2 Å². The molecule has 29 heavy (non-hydrogen) atoms. The minimum Gasteiger partial charge on any atom is -0.343 e. The van der Waals surface area contributed by atoms with E-state index in [4.69, 9.17) is 0 Å². The number of aromatic nitrogens is 2. The number of likely N-dealkylation sites (tertiary alicyclic amines) is 1. The first-order valence-electron chi connectivity index (χ1n) is 11.1. The minimum atomic E-state index is -3.35. The average molecular weight is 425 g/mol. The topological polar surface area (TPSA) is 75.5 Å². The van der Waals surface area contributed by atoms with E-state index in [1.165, 1.54) is 0 Å². The number of rotatable bonds is 11. The number of carbonyl (C=O) groups is 1. The van der Waals surface area contributed by atoms with Gasteiger partial charge in [0.1, 0.15) is 0 Å². The summed E-state index contributed by atoms with van der Waals surface area (Å²) in [7, 11) is -1.31. The van der Waals surface area contributed by atoms with Crippen molar-refractivity contribution >= 4 is 15.7 Å². The molecule has 1 unspecified atom stereocenters. The van der Waals surface area contributed by atoms with Gasteiger partial charge in [0.15, 0.2) is 0 Å². The minimum absolute atomic E-state index is 0.225. The molecule has 0 bridgehead atoms. The molecule has 2 fully saturated rings. The van der Waals surface area contributed by atoms with Crippen molar-refractivity contribution in [2.45, 2.75) is 70.6 Å². The zero-order valence-corrected chi connectivity index (χ0v) is 19.0. The van der Waals surface area contributed by atoms with Gasteiger partial charge in [0.25, 0.3) is 0 Å². The predicted molar refractivity (Wildman–Crippen MR) is 113 cm³/mol. The molecule has 1 aromatic rings. The Morgan fingerprint density at radius 3 is 2.59 bits per heavy atom. The van der Waals surface area contributed by atoms with Crippen molar-refractivity contribution in [1.29, 1.82) is 0 Å². The lowest BCUT2D eigenvalue weighted by Gasteiger charge is -2.25. The third-order valence-electron chi connectivity index (χ3n) is 6.27. The van der Waals surface area contributed by atoms with Crippen LogP contribution >= 0.6 is 0 Å². The van der Waals surface area contributed by atoms with E-state index in [0.717, 1.165) is 57.4 Å². The molecule has 8 heteroatoms. The summed E-state index contributed by atoms with van der Waals surface area (Å²) < 4.78 is 27.8. The highest BCUT2D eigenvalue weighted by molar-refractivity contribution is 7.91. The molecule has 2 aliphatic rings. The van der Waals surface area contributed by atoms with E-state index in [-0.39, 0.29) is 16.8 Å². The van der Waals surface area contributed by atoms with Crippen molar-refractivity contribution in [2.24, 2.45) is 11.8 Å². The third kappa shape index (κ3) is 5.40. The number of imidazole rings is 1. The molecule has 1 amide bonds. The second kappa shape index (κ2) is 9.60. The van der Waals surface area contributed by atoms with Crippen LogP contribution < -0.4 is 0 Å². The molecular weight excluding hydrogens is 388 g/mol. The van der Waals surface area contributed by atoms with E-state index in [2.05, 4.69) is 16.8 Å². The fourth-order valence-corrected chi connectivity index (χ4v) is 6.29. The monoisotopic (exact) mass is 424 g/mol. The maximum absolute atomic E-state index is 13.0. The lowest BCUT2D eigenvalue weighted by atomic mass is 9.87. The van der Waals surface area contributed by atoms with Gasteiger partial charge in [-0.1, -0.05) is 19.8 Å². The second-order valence-electron chi connectivity index (χ2n) is 8.81. The Bertz CT molecular complexity index is 801. The van der Waals surface area contributed by atoms with Gasteiger partial charge in [-0.15, -0.1) is 0 Å². The normalized spacial score (nSPS) is 20.6. The van der Waals surface area contributed by atoms with Crippen LogP contribution in [0.25, 0.3) is 0 Å². The van der Waals surface area contributed by atoms with Crippen LogP contribution in [0.15, 0.2) is 11.4 Å². The molecule has 1 saturated carbocycles. The molecule has 0 radical (unpaired) electrons. The van der Waals surface area contributed by atoms with Crippen LogP contribution in [0.1, 0.15) is 58.1 Å². The van der Waals surface area contributed by atoms with Gasteiger partial charge in [-0.2, -0.15) is 0 Å². The van der Waals surface area contributed by atoms with Crippen molar-refractivity contribution < 1.29 is 13.2 Å². The number of sulfone groups is 1. The van der Waals surface area contributed by atoms with E-state index < -0.39 is 9.84 Å². The first-order valence-corrected chi connectivity index (χ1v) is 12.7. The molecule has 164 valence electrons. The summed E-state index contributed by atoms with van der Waals surface area (Å²) in [6.07, 6.45) is 7.44. The Hall–Kier alpha value is -1.41. The number of hydrogen-bond acceptors (Lipinski definition) is 5. The van der Waals surface area contributed by atoms with Crippen LogP contribution in [0.2, 0.25) is 0 Å². The SMILES string of the molecule is CCCCn1c(CN(C)CC2CC(=O)N(CC)C2)cnc1S(=O)(=O)CC1CCC1. The summed E-state index contributed by atoms with van der Waals surface area (Å²) in [6.45, 7) is 7.87. The Labute approximate surface area is 175 Å². The lowest BCUT2D eigenvalue weighted by molar-refractivity contribution is -0.127. The fraction of sp³-hybridized carbons (Fsp3) is 0.810. The van der Waals surface area contributed by atoms with Crippen molar-refractivity contribution in [1.82, 2.24) is 19.4 Å². The molecular formula is C21H36N4O3S. The zero-order chi connectivity index (χ0) is 21.0. The Balaban J connectivity index is 1.69. The van der Waals surface area contributed by atoms with Gasteiger partial charge in [0.05, 0.1) is 17.6 Å². The predicted octanol–water partition coefficient (Wildman–Crippen LogP) is 2.56. The highest BCUT2D eigenvalue weighted by Gasteiger charge is 2.31. The van der Waals surface area contributed by atoms with E-state index in [1.54, 1.807) is 6.20 Å². The van der Waals surface area contributed by atoms with Crippen LogP contribution in [-0.4, -0.2) is 66.1 Å². The first kappa shape index (κ1) is 22.3. The summed E-state index contributed by atoms with van der Waals surface area (Å²) in [5, 5.41) is 0.245. The van der Waals surface area contributed by atoms with Crippen molar-refractivity contribution in [3.05, 3.63) is 11.9 Å². The number of unbranched alkanes of at least 4 members (excludes halogenated alkanes) is 1. The molecule has 3 rings (SSSR count). The maximum atomic E-state index is 13.0. The van der Waals surface area contributed by atoms with Gasteiger partial charge in [-0.05, 0) is 45.1 Å². The second-order valence-corrected chi connectivity index (χ2v) is 10.7. The van der Waals surface area contributed by atoms with Crippen molar-refractivity contribution in [2.75, 3.05) is 32.4 Å². The fourth-order valence-electron chi connectivity index (χ4n) is 4.43. The van der Waals surface area contributed by atoms with Gasteiger partial charge in [0.2, 0.25) is 20.9 Å². The molecule has 1 saturated heterocycles. The maximum Gasteiger partial charge on any atom is 0.227 e. The molecule has 0 N–H and O–H groups in total. The summed E-state index contributed by atoms with van der Waals surface area (Å²) in [4.78, 5) is 20.5. The smallest absolute Gasteiger partial charge is 0.227 e. The summed E-state index contributed by atoms with van der Waals surface area (Å²) in [5.41, 5.74) is 0.949. The van der Waals surface area contributed by atoms with Crippen LogP contribution in [0.4, 0.5) is 0 Å². The molecule has 1 aliphatic carbocycles. The summed E-state index contributed by atoms with van der Waals surface area (Å²) in [6, 6.07) is 0. The standard InChI is InChI=1S/C21H36N4O3S/c1-4-6-10-25-19(12-22-21(25)29(27,28)16-17-8-7-9-17)15-23(3)13-18-11-20(26)24(5-2)14-18/h12,17-18H,4-11,13-16H2,1-3H3. The molecule has 2 heterocycles. The Morgan fingerprint density at radius 2 is 2.00 bits per heavy atom. The number of amides is 1. The van der Waals surface area contributed by atoms with Gasteiger partial charge < -0.3 is 14.4 Å². The van der Waals surface area contributed by atoms with Gasteiger partial charge in [0, 0.05) is 39.1 Å². The molecule has 1 atom stereocenters. The highest BCUT2D eigenvalue weighted by Crippen LogP contribution is 2.30. The summed E-state index contributed by atoms with van der Waals surface area (Å²) in [5.74, 6) is 1.09. The van der Waals surface area contributed by atoms with Crippen LogP contribution in [0.3, 0.4) is 0 Å². The first-order chi connectivity index (χ1) is 13.8. The third-order valence-corrected chi connectivity index (χ3v) is 8.07. The largest absolute Gasteiger partial charge is 0.343 e. The Kier molecular flexibility index (Phi) is 7.37. The number of nitrogens with zero attached hydrogens (tertiary/aromatic N) is 4. The molecule has 0 spiro atoms. The van der Waals surface area contributed by atoms with Crippen LogP contribution in [0, 0.1) is 11.8 Å². The van der Waals surface area contributed by atoms with E-state index in [0.29, 0.717) is 31.3 Å². The Morgan fingerprint density at radius 1 is 1.24 bits per heavy atom. The van der Waals surface area contributed by atoms with Crippen molar-refractivity contribution in [3.63, 3.8) is 0 Å².